The summed E-state index contributed by atoms with van der Waals surface area (Å²) in [5.41, 5.74) is 5.80. The molecule has 2 rings (SSSR count). The van der Waals surface area contributed by atoms with Crippen molar-refractivity contribution in [2.24, 2.45) is 11.3 Å². The number of nitrogens with one attached hydrogen (secondary N) is 1. The van der Waals surface area contributed by atoms with E-state index in [4.69, 9.17) is 5.84 Å². The van der Waals surface area contributed by atoms with Crippen molar-refractivity contribution in [3.05, 3.63) is 15.9 Å². The first kappa shape index (κ1) is 16.0. The Bertz CT molecular complexity index is 449. The number of hydrazine groups is 1. The van der Waals surface area contributed by atoms with Gasteiger partial charge in [0.05, 0.1) is 15.9 Å². The number of nitrogens with zero attached hydrogens (tertiary/aromatic N) is 2. The van der Waals surface area contributed by atoms with Crippen LogP contribution in [-0.2, 0) is 13.0 Å². The molecule has 0 saturated heterocycles. The lowest BCUT2D eigenvalue weighted by atomic mass is 9.74. The Morgan fingerprint density at radius 3 is 2.55 bits per heavy atom. The van der Waals surface area contributed by atoms with Crippen molar-refractivity contribution < 1.29 is 0 Å². The number of aromatic nitrogens is 2. The summed E-state index contributed by atoms with van der Waals surface area (Å²) >= 11 is 3.70. The third kappa shape index (κ3) is 2.81. The quantitative estimate of drug-likeness (QED) is 0.615. The minimum atomic E-state index is 0.327. The van der Waals surface area contributed by atoms with E-state index in [0.29, 0.717) is 11.5 Å². The van der Waals surface area contributed by atoms with Gasteiger partial charge < -0.3 is 0 Å². The third-order valence-electron chi connectivity index (χ3n) is 5.09. The van der Waals surface area contributed by atoms with E-state index in [2.05, 4.69) is 51.9 Å². The van der Waals surface area contributed by atoms with Crippen LogP contribution in [0.2, 0.25) is 0 Å². The second-order valence-corrected chi connectivity index (χ2v) is 6.80. The van der Waals surface area contributed by atoms with Crippen LogP contribution in [0.15, 0.2) is 4.47 Å². The van der Waals surface area contributed by atoms with E-state index in [9.17, 15) is 0 Å². The van der Waals surface area contributed by atoms with Crippen LogP contribution in [-0.4, -0.2) is 15.8 Å². The topological polar surface area (TPSA) is 55.9 Å². The lowest BCUT2D eigenvalue weighted by molar-refractivity contribution is 0.183. The molecule has 3 N–H and O–H groups in total. The molecule has 20 heavy (non-hydrogen) atoms. The van der Waals surface area contributed by atoms with Crippen LogP contribution < -0.4 is 11.3 Å². The zero-order valence-corrected chi connectivity index (χ0v) is 14.5. The normalized spacial score (nSPS) is 19.4. The molecule has 114 valence electrons. The van der Waals surface area contributed by atoms with Crippen molar-refractivity contribution in [3.63, 3.8) is 0 Å². The van der Waals surface area contributed by atoms with E-state index in [0.717, 1.165) is 23.1 Å². The number of halogens is 1. The fraction of sp³-hybridized carbons (Fsp3) is 0.800. The summed E-state index contributed by atoms with van der Waals surface area (Å²) in [5, 5.41) is 4.59. The van der Waals surface area contributed by atoms with Crippen LogP contribution >= 0.6 is 15.9 Å². The lowest BCUT2D eigenvalue weighted by Crippen LogP contribution is -2.48. The highest BCUT2D eigenvalue weighted by atomic mass is 79.9. The van der Waals surface area contributed by atoms with Gasteiger partial charge in [-0.3, -0.25) is 16.0 Å². The van der Waals surface area contributed by atoms with Gasteiger partial charge in [0.25, 0.3) is 0 Å². The fourth-order valence-electron chi connectivity index (χ4n) is 3.74. The standard InChI is InChI=1S/C15H27BrN4/c1-4-15(8-6-7-9-15)13(18-17)10-12-14(16)11(3)19-20(12)5-2/h13,18H,4-10,17H2,1-3H3. The molecule has 1 aromatic rings. The first-order valence-corrected chi connectivity index (χ1v) is 8.55. The van der Waals surface area contributed by atoms with Crippen molar-refractivity contribution >= 4 is 15.9 Å². The number of rotatable bonds is 6. The van der Waals surface area contributed by atoms with E-state index >= 15 is 0 Å². The smallest absolute Gasteiger partial charge is 0.0738 e. The Balaban J connectivity index is 2.26. The zero-order chi connectivity index (χ0) is 14.8. The van der Waals surface area contributed by atoms with Crippen molar-refractivity contribution in [3.8, 4) is 0 Å². The Kier molecular flexibility index (Phi) is 5.26. The zero-order valence-electron chi connectivity index (χ0n) is 12.9. The number of aryl methyl sites for hydroxylation is 2. The summed E-state index contributed by atoms with van der Waals surface area (Å²) in [4.78, 5) is 0. The number of hydrogen-bond donors (Lipinski definition) is 2. The molecule has 0 aliphatic heterocycles. The molecule has 0 radical (unpaired) electrons. The molecule has 1 aliphatic rings. The van der Waals surface area contributed by atoms with Gasteiger partial charge in [0.15, 0.2) is 0 Å². The van der Waals surface area contributed by atoms with Crippen LogP contribution in [0.25, 0.3) is 0 Å². The number of hydrogen-bond acceptors (Lipinski definition) is 3. The molecule has 0 spiro atoms. The van der Waals surface area contributed by atoms with Gasteiger partial charge in [-0.25, -0.2) is 0 Å². The molecular formula is C15H27BrN4. The number of nitrogens with two attached hydrogens (primary N) is 1. The lowest BCUT2D eigenvalue weighted by Gasteiger charge is -2.36. The summed E-state index contributed by atoms with van der Waals surface area (Å²) in [7, 11) is 0. The molecular weight excluding hydrogens is 316 g/mol. The Labute approximate surface area is 130 Å². The maximum atomic E-state index is 5.91. The van der Waals surface area contributed by atoms with Crippen LogP contribution in [0.1, 0.15) is 57.3 Å². The largest absolute Gasteiger partial charge is 0.271 e. The summed E-state index contributed by atoms with van der Waals surface area (Å²) in [5.74, 6) is 5.91. The van der Waals surface area contributed by atoms with E-state index in [1.54, 1.807) is 0 Å². The molecule has 0 bridgehead atoms. The second kappa shape index (κ2) is 6.58. The van der Waals surface area contributed by atoms with Gasteiger partial charge in [0.2, 0.25) is 0 Å². The van der Waals surface area contributed by atoms with Crippen LogP contribution in [0.5, 0.6) is 0 Å². The van der Waals surface area contributed by atoms with Gasteiger partial charge in [-0.15, -0.1) is 0 Å². The fourth-order valence-corrected chi connectivity index (χ4v) is 4.18. The average Bonchev–Trinajstić information content (AvgIpc) is 3.04. The maximum Gasteiger partial charge on any atom is 0.0738 e. The first-order chi connectivity index (χ1) is 9.57. The van der Waals surface area contributed by atoms with Gasteiger partial charge in [0.1, 0.15) is 0 Å². The molecule has 1 unspecified atom stereocenters. The molecule has 1 saturated carbocycles. The molecule has 0 amide bonds. The van der Waals surface area contributed by atoms with Crippen molar-refractivity contribution in [1.29, 1.82) is 0 Å². The highest BCUT2D eigenvalue weighted by molar-refractivity contribution is 9.10. The predicted octanol–water partition coefficient (Wildman–Crippen LogP) is 3.32. The SMILES string of the molecule is CCn1nc(C)c(Br)c1CC(NN)C1(CC)CCCC1. The van der Waals surface area contributed by atoms with Gasteiger partial charge in [-0.2, -0.15) is 5.10 Å². The summed E-state index contributed by atoms with van der Waals surface area (Å²) in [6.07, 6.45) is 7.38. The van der Waals surface area contributed by atoms with Crippen molar-refractivity contribution in [1.82, 2.24) is 15.2 Å². The average molecular weight is 343 g/mol. The van der Waals surface area contributed by atoms with Gasteiger partial charge >= 0.3 is 0 Å². The monoisotopic (exact) mass is 342 g/mol. The van der Waals surface area contributed by atoms with Crippen LogP contribution in [0, 0.1) is 12.3 Å². The first-order valence-electron chi connectivity index (χ1n) is 7.76. The Morgan fingerprint density at radius 2 is 2.05 bits per heavy atom. The minimum Gasteiger partial charge on any atom is -0.271 e. The second-order valence-electron chi connectivity index (χ2n) is 6.01. The minimum absolute atomic E-state index is 0.327. The molecule has 1 fully saturated rings. The van der Waals surface area contributed by atoms with Gasteiger partial charge in [0, 0.05) is 19.0 Å². The molecule has 1 heterocycles. The summed E-state index contributed by atoms with van der Waals surface area (Å²) in [6, 6.07) is 0.327. The van der Waals surface area contributed by atoms with E-state index in [1.165, 1.54) is 37.8 Å². The van der Waals surface area contributed by atoms with E-state index < -0.39 is 0 Å². The van der Waals surface area contributed by atoms with Gasteiger partial charge in [-0.1, -0.05) is 19.8 Å². The predicted molar refractivity (Wildman–Crippen MR) is 86.3 cm³/mol. The van der Waals surface area contributed by atoms with E-state index in [1.807, 2.05) is 0 Å². The summed E-state index contributed by atoms with van der Waals surface area (Å²) < 4.78 is 3.24. The highest BCUT2D eigenvalue weighted by Gasteiger charge is 2.40. The Hall–Kier alpha value is -0.390. The van der Waals surface area contributed by atoms with Crippen LogP contribution in [0.3, 0.4) is 0 Å². The van der Waals surface area contributed by atoms with Crippen molar-refractivity contribution in [2.45, 2.75) is 71.9 Å². The van der Waals surface area contributed by atoms with Crippen LogP contribution in [0.4, 0.5) is 0 Å². The third-order valence-corrected chi connectivity index (χ3v) is 6.13. The Morgan fingerprint density at radius 1 is 1.40 bits per heavy atom. The van der Waals surface area contributed by atoms with E-state index in [-0.39, 0.29) is 0 Å². The highest BCUT2D eigenvalue weighted by Crippen LogP contribution is 2.45. The maximum absolute atomic E-state index is 5.91. The molecule has 1 aliphatic carbocycles. The van der Waals surface area contributed by atoms with Gasteiger partial charge in [-0.05, 0) is 54.5 Å². The molecule has 4 nitrogen and oxygen atoms in total. The molecule has 0 aromatic carbocycles. The molecule has 1 atom stereocenters. The van der Waals surface area contributed by atoms with Crippen molar-refractivity contribution in [2.75, 3.05) is 0 Å². The molecule has 5 heteroatoms. The summed E-state index contributed by atoms with van der Waals surface area (Å²) in [6.45, 7) is 7.39. The molecule has 1 aromatic heterocycles.